The van der Waals surface area contributed by atoms with Gasteiger partial charge in [-0.2, -0.15) is 0 Å². The first kappa shape index (κ1) is 45.5. The van der Waals surface area contributed by atoms with Crippen LogP contribution in [0.15, 0.2) is 72.8 Å². The summed E-state index contributed by atoms with van der Waals surface area (Å²) in [5, 5.41) is 4.84. The van der Waals surface area contributed by atoms with Crippen LogP contribution < -0.4 is 13.6 Å². The van der Waals surface area contributed by atoms with Crippen LogP contribution in [0.3, 0.4) is 0 Å². The summed E-state index contributed by atoms with van der Waals surface area (Å²) >= 11 is 0. The molecule has 5 rings (SSSR count). The predicted octanol–water partition coefficient (Wildman–Crippen LogP) is 16.8. The van der Waals surface area contributed by atoms with E-state index < -0.39 is 8.60 Å². The van der Waals surface area contributed by atoms with Crippen molar-refractivity contribution in [2.75, 3.05) is 0 Å². The van der Waals surface area contributed by atoms with E-state index in [1.807, 2.05) is 0 Å². The van der Waals surface area contributed by atoms with Gasteiger partial charge in [0.1, 0.15) is 17.2 Å². The second kappa shape index (κ2) is 15.2. The van der Waals surface area contributed by atoms with E-state index in [2.05, 4.69) is 218 Å². The van der Waals surface area contributed by atoms with Gasteiger partial charge in [-0.3, -0.25) is 0 Å². The minimum Gasteiger partial charge on any atom is -0.409 e. The molecule has 0 aromatic heterocycles. The van der Waals surface area contributed by atoms with Gasteiger partial charge in [0.15, 0.2) is 0 Å². The van der Waals surface area contributed by atoms with Crippen LogP contribution in [0.25, 0.3) is 21.5 Å². The average Bonchev–Trinajstić information content (AvgIpc) is 3.03. The molecule has 58 heavy (non-hydrogen) atoms. The zero-order chi connectivity index (χ0) is 43.8. The van der Waals surface area contributed by atoms with Crippen molar-refractivity contribution in [3.8, 4) is 17.2 Å². The molecule has 0 heterocycles. The summed E-state index contributed by atoms with van der Waals surface area (Å²) in [7, 11) is -1.99. The van der Waals surface area contributed by atoms with Gasteiger partial charge in [0, 0.05) is 11.1 Å². The fraction of sp³-hybridized carbons (Fsp3) is 0.519. The first-order chi connectivity index (χ1) is 26.1. The molecule has 0 atom stereocenters. The highest BCUT2D eigenvalue weighted by Crippen LogP contribution is 2.51. The van der Waals surface area contributed by atoms with Gasteiger partial charge in [-0.1, -0.05) is 182 Å². The topological polar surface area (TPSA) is 27.7 Å². The Labute approximate surface area is 354 Å². The van der Waals surface area contributed by atoms with Crippen LogP contribution in [0.1, 0.15) is 184 Å². The zero-order valence-electron chi connectivity index (χ0n) is 40.1. The number of benzene rings is 5. The molecule has 0 saturated heterocycles. The van der Waals surface area contributed by atoms with E-state index in [0.29, 0.717) is 5.75 Å². The van der Waals surface area contributed by atoms with Gasteiger partial charge in [0.25, 0.3) is 0 Å². The van der Waals surface area contributed by atoms with Crippen LogP contribution in [-0.4, -0.2) is 0 Å². The van der Waals surface area contributed by atoms with Crippen molar-refractivity contribution in [1.29, 1.82) is 0 Å². The van der Waals surface area contributed by atoms with Gasteiger partial charge in [-0.25, -0.2) is 0 Å². The third kappa shape index (κ3) is 10.2. The molecule has 0 saturated carbocycles. The predicted molar refractivity (Wildman–Crippen MR) is 254 cm³/mol. The molecule has 0 unspecified atom stereocenters. The maximum atomic E-state index is 7.21. The van der Waals surface area contributed by atoms with Gasteiger partial charge in [0.2, 0.25) is 0 Å². The lowest BCUT2D eigenvalue weighted by molar-refractivity contribution is 0.377. The van der Waals surface area contributed by atoms with Crippen molar-refractivity contribution < 1.29 is 13.6 Å². The SMILES string of the molecule is CC(C)(C)c1ccc(OP(Oc2cc3c(C(C)(C)C)cc(C(C)(C)C)cc3cc2C(C)(C)C)Oc2cc3c(C(C)(C)C)cc(C(C)(C)C)cc3cc2C(C)(C)C)cc1. The lowest BCUT2D eigenvalue weighted by Gasteiger charge is -2.31. The molecule has 5 aromatic carbocycles. The Hall–Kier alpha value is -3.55. The molecule has 0 aliphatic rings. The molecule has 314 valence electrons. The van der Waals surface area contributed by atoms with Crippen LogP contribution in [0.4, 0.5) is 0 Å². The van der Waals surface area contributed by atoms with E-state index in [4.69, 9.17) is 13.6 Å². The lowest BCUT2D eigenvalue weighted by Crippen LogP contribution is -2.19. The third-order valence-electron chi connectivity index (χ3n) is 11.3. The number of hydrogen-bond donors (Lipinski definition) is 0. The summed E-state index contributed by atoms with van der Waals surface area (Å²) in [6.07, 6.45) is 0. The summed E-state index contributed by atoms with van der Waals surface area (Å²) in [6, 6.07) is 27.2. The lowest BCUT2D eigenvalue weighted by atomic mass is 9.76. The molecule has 4 heteroatoms. The summed E-state index contributed by atoms with van der Waals surface area (Å²) in [6.45, 7) is 47.8. The Kier molecular flexibility index (Phi) is 11.9. The minimum atomic E-state index is -1.99. The molecule has 3 nitrogen and oxygen atoms in total. The van der Waals surface area contributed by atoms with Crippen molar-refractivity contribution in [2.45, 2.75) is 183 Å². The summed E-state index contributed by atoms with van der Waals surface area (Å²) in [5.74, 6) is 2.29. The highest BCUT2D eigenvalue weighted by atomic mass is 31.2. The van der Waals surface area contributed by atoms with Crippen molar-refractivity contribution in [1.82, 2.24) is 0 Å². The Bertz CT molecular complexity index is 2140. The standard InChI is InChI=1S/C54H75O3P/c1-48(2,3)36-22-24-39(25-23-36)55-58(56-46-32-40-34(28-44(46)53(16,17)18)26-37(49(4,5)6)30-42(40)51(10,11)12)57-47-33-41-35(29-45(47)54(19,20)21)27-38(50(7,8)9)31-43(41)52(13,14)15/h22-33H,1-21H3. The maximum absolute atomic E-state index is 7.21. The van der Waals surface area contributed by atoms with Crippen LogP contribution in [0.5, 0.6) is 17.2 Å². The molecule has 5 aromatic rings. The first-order valence-corrected chi connectivity index (χ1v) is 22.4. The molecule has 0 aliphatic heterocycles. The second-order valence-corrected chi connectivity index (χ2v) is 25.0. The van der Waals surface area contributed by atoms with E-state index in [9.17, 15) is 0 Å². The van der Waals surface area contributed by atoms with Gasteiger partial charge >= 0.3 is 8.60 Å². The van der Waals surface area contributed by atoms with Crippen LogP contribution >= 0.6 is 8.60 Å². The van der Waals surface area contributed by atoms with Crippen molar-refractivity contribution >= 4 is 30.1 Å². The van der Waals surface area contributed by atoms with Crippen molar-refractivity contribution in [3.05, 3.63) is 112 Å². The van der Waals surface area contributed by atoms with Crippen LogP contribution in [-0.2, 0) is 37.9 Å². The van der Waals surface area contributed by atoms with E-state index in [1.165, 1.54) is 49.4 Å². The molecular weight excluding hydrogens is 728 g/mol. The van der Waals surface area contributed by atoms with Gasteiger partial charge in [-0.15, -0.1) is 0 Å². The third-order valence-corrected chi connectivity index (χ3v) is 12.4. The molecule has 0 N–H and O–H groups in total. The first-order valence-electron chi connectivity index (χ1n) is 21.4. The van der Waals surface area contributed by atoms with Gasteiger partial charge in [-0.05, 0) is 124 Å². The van der Waals surface area contributed by atoms with E-state index in [-0.39, 0.29) is 37.9 Å². The maximum Gasteiger partial charge on any atom is 0.530 e. The quantitative estimate of drug-likeness (QED) is 0.160. The summed E-state index contributed by atoms with van der Waals surface area (Å²) in [5.41, 5.74) is 8.19. The number of rotatable bonds is 6. The Morgan fingerprint density at radius 2 is 0.638 bits per heavy atom. The Balaban J connectivity index is 1.78. The van der Waals surface area contributed by atoms with Gasteiger partial charge in [0.05, 0.1) is 0 Å². The molecule has 0 radical (unpaired) electrons. The average molecular weight is 803 g/mol. The monoisotopic (exact) mass is 803 g/mol. The zero-order valence-corrected chi connectivity index (χ0v) is 41.0. The smallest absolute Gasteiger partial charge is 0.409 e. The highest BCUT2D eigenvalue weighted by Gasteiger charge is 2.32. The molecule has 0 spiro atoms. The second-order valence-electron chi connectivity index (χ2n) is 24.0. The molecule has 0 bridgehead atoms. The normalized spacial score (nSPS) is 13.8. The molecule has 0 fully saturated rings. The fourth-order valence-corrected chi connectivity index (χ4v) is 8.56. The molecule has 0 amide bonds. The highest BCUT2D eigenvalue weighted by molar-refractivity contribution is 7.43. The summed E-state index contributed by atoms with van der Waals surface area (Å²) < 4.78 is 21.3. The van der Waals surface area contributed by atoms with Gasteiger partial charge < -0.3 is 13.6 Å². The van der Waals surface area contributed by atoms with Crippen molar-refractivity contribution in [2.24, 2.45) is 0 Å². The molecule has 0 aliphatic carbocycles. The van der Waals surface area contributed by atoms with Crippen LogP contribution in [0.2, 0.25) is 0 Å². The minimum absolute atomic E-state index is 0.00951. The van der Waals surface area contributed by atoms with Crippen LogP contribution in [0, 0.1) is 0 Å². The van der Waals surface area contributed by atoms with E-state index in [0.717, 1.165) is 22.6 Å². The Morgan fingerprint density at radius 1 is 0.310 bits per heavy atom. The molecular formula is C54H75O3P. The Morgan fingerprint density at radius 3 is 0.931 bits per heavy atom. The van der Waals surface area contributed by atoms with E-state index >= 15 is 0 Å². The fourth-order valence-electron chi connectivity index (χ4n) is 7.53. The largest absolute Gasteiger partial charge is 0.530 e. The summed E-state index contributed by atoms with van der Waals surface area (Å²) in [4.78, 5) is 0. The van der Waals surface area contributed by atoms with E-state index in [1.54, 1.807) is 0 Å². The van der Waals surface area contributed by atoms with Crippen molar-refractivity contribution in [3.63, 3.8) is 0 Å². The number of fused-ring (bicyclic) bond motifs is 2. The number of hydrogen-bond acceptors (Lipinski definition) is 3.